The van der Waals surface area contributed by atoms with Crippen LogP contribution in [0, 0.1) is 0 Å². The number of nitrogens with one attached hydrogen (secondary N) is 1. The van der Waals surface area contributed by atoms with Crippen LogP contribution in [-0.2, 0) is 6.54 Å². The zero-order valence-electron chi connectivity index (χ0n) is 11.5. The fraction of sp³-hybridized carbons (Fsp3) is 0.692. The van der Waals surface area contributed by atoms with Crippen molar-refractivity contribution < 1.29 is 0 Å². The molecule has 2 rings (SSSR count). The summed E-state index contributed by atoms with van der Waals surface area (Å²) in [5.41, 5.74) is 0.454. The van der Waals surface area contributed by atoms with E-state index in [0.29, 0.717) is 18.3 Å². The lowest BCUT2D eigenvalue weighted by atomic mass is 10.1. The minimum absolute atomic E-state index is 0.207. The molecule has 1 aromatic rings. The molecule has 1 aliphatic heterocycles. The second-order valence-corrected chi connectivity index (χ2v) is 5.50. The Bertz CT molecular complexity index is 480. The van der Waals surface area contributed by atoms with Crippen molar-refractivity contribution in [1.82, 2.24) is 14.7 Å². The van der Waals surface area contributed by atoms with E-state index < -0.39 is 0 Å². The third kappa shape index (κ3) is 3.48. The summed E-state index contributed by atoms with van der Waals surface area (Å²) in [7, 11) is 2.12. The monoisotopic (exact) mass is 284 g/mol. The number of likely N-dealkylation sites (tertiary alicyclic amines) is 1. The summed E-state index contributed by atoms with van der Waals surface area (Å²) in [4.78, 5) is 14.3. The first-order valence-corrected chi connectivity index (χ1v) is 7.20. The Balaban J connectivity index is 2.09. The first-order valence-electron chi connectivity index (χ1n) is 6.82. The van der Waals surface area contributed by atoms with Crippen LogP contribution in [0.1, 0.15) is 26.2 Å². The number of piperidine rings is 1. The Kier molecular flexibility index (Phi) is 4.82. The fourth-order valence-corrected chi connectivity index (χ4v) is 2.51. The normalized spacial score (nSPS) is 17.6. The summed E-state index contributed by atoms with van der Waals surface area (Å²) in [5, 5.41) is 7.75. The third-order valence-corrected chi connectivity index (χ3v) is 3.86. The number of nitrogens with zero attached hydrogens (tertiary/aromatic N) is 3. The molecule has 2 heterocycles. The van der Waals surface area contributed by atoms with Gasteiger partial charge in [0, 0.05) is 12.6 Å². The summed E-state index contributed by atoms with van der Waals surface area (Å²) in [6, 6.07) is 0.372. The van der Waals surface area contributed by atoms with Gasteiger partial charge in [0.05, 0.1) is 11.9 Å². The molecule has 106 valence electrons. The van der Waals surface area contributed by atoms with Crippen LogP contribution in [-0.4, -0.2) is 40.9 Å². The maximum atomic E-state index is 12.0. The van der Waals surface area contributed by atoms with E-state index in [1.807, 2.05) is 6.92 Å². The average Bonchev–Trinajstić information content (AvgIpc) is 2.41. The molecule has 0 unspecified atom stereocenters. The van der Waals surface area contributed by atoms with Gasteiger partial charge < -0.3 is 10.2 Å². The van der Waals surface area contributed by atoms with Crippen molar-refractivity contribution in [2.24, 2.45) is 0 Å². The lowest BCUT2D eigenvalue weighted by Gasteiger charge is -2.30. The van der Waals surface area contributed by atoms with Gasteiger partial charge in [0.1, 0.15) is 5.02 Å². The molecule has 5 nitrogen and oxygen atoms in total. The molecule has 1 fully saturated rings. The van der Waals surface area contributed by atoms with E-state index >= 15 is 0 Å². The number of hydrogen-bond acceptors (Lipinski definition) is 4. The van der Waals surface area contributed by atoms with E-state index in [2.05, 4.69) is 22.4 Å². The maximum Gasteiger partial charge on any atom is 0.287 e. The highest BCUT2D eigenvalue weighted by molar-refractivity contribution is 6.32. The van der Waals surface area contributed by atoms with Gasteiger partial charge in [-0.25, -0.2) is 4.68 Å². The largest absolute Gasteiger partial charge is 0.380 e. The molecule has 0 atom stereocenters. The molecular formula is C13H21ClN4O. The molecular weight excluding hydrogens is 264 g/mol. The molecule has 0 aromatic carbocycles. The van der Waals surface area contributed by atoms with Crippen molar-refractivity contribution in [2.75, 3.05) is 25.5 Å². The highest BCUT2D eigenvalue weighted by Crippen LogP contribution is 2.20. The van der Waals surface area contributed by atoms with E-state index in [1.165, 1.54) is 4.68 Å². The summed E-state index contributed by atoms with van der Waals surface area (Å²) >= 11 is 6.14. The van der Waals surface area contributed by atoms with Gasteiger partial charge in [-0.1, -0.05) is 18.5 Å². The van der Waals surface area contributed by atoms with Crippen molar-refractivity contribution in [1.29, 1.82) is 0 Å². The summed E-state index contributed by atoms with van der Waals surface area (Å²) in [5.74, 6) is 0. The van der Waals surface area contributed by atoms with Crippen molar-refractivity contribution >= 4 is 17.3 Å². The SMILES string of the molecule is CCCn1ncc(NC2CCN(C)CC2)c(Cl)c1=O. The molecule has 0 amide bonds. The molecule has 0 bridgehead atoms. The molecule has 0 radical (unpaired) electrons. The van der Waals surface area contributed by atoms with E-state index in [4.69, 9.17) is 11.6 Å². The van der Waals surface area contributed by atoms with Crippen LogP contribution >= 0.6 is 11.6 Å². The van der Waals surface area contributed by atoms with Gasteiger partial charge in [0.25, 0.3) is 5.56 Å². The predicted octanol–water partition coefficient (Wildman–Crippen LogP) is 1.81. The number of hydrogen-bond donors (Lipinski definition) is 1. The second kappa shape index (κ2) is 6.39. The van der Waals surface area contributed by atoms with Crippen molar-refractivity contribution in [2.45, 2.75) is 38.8 Å². The lowest BCUT2D eigenvalue weighted by Crippen LogP contribution is -2.37. The van der Waals surface area contributed by atoms with Gasteiger partial charge in [-0.2, -0.15) is 5.10 Å². The minimum atomic E-state index is -0.207. The molecule has 1 aromatic heterocycles. The van der Waals surface area contributed by atoms with Crippen LogP contribution in [0.15, 0.2) is 11.0 Å². The number of anilines is 1. The minimum Gasteiger partial charge on any atom is -0.380 e. The second-order valence-electron chi connectivity index (χ2n) is 5.12. The summed E-state index contributed by atoms with van der Waals surface area (Å²) in [6.07, 6.45) is 4.65. The van der Waals surface area contributed by atoms with Crippen molar-refractivity contribution in [3.8, 4) is 0 Å². The molecule has 0 aliphatic carbocycles. The first-order chi connectivity index (χ1) is 9.11. The van der Waals surface area contributed by atoms with E-state index in [9.17, 15) is 4.79 Å². The van der Waals surface area contributed by atoms with Gasteiger partial charge in [0.15, 0.2) is 0 Å². The Morgan fingerprint density at radius 1 is 1.47 bits per heavy atom. The topological polar surface area (TPSA) is 50.2 Å². The zero-order valence-corrected chi connectivity index (χ0v) is 12.3. The first kappa shape index (κ1) is 14.3. The fourth-order valence-electron chi connectivity index (χ4n) is 2.31. The molecule has 1 aliphatic rings. The van der Waals surface area contributed by atoms with Crippen LogP contribution in [0.2, 0.25) is 5.02 Å². The molecule has 1 N–H and O–H groups in total. The average molecular weight is 285 g/mol. The van der Waals surface area contributed by atoms with Crippen LogP contribution in [0.25, 0.3) is 0 Å². The highest BCUT2D eigenvalue weighted by Gasteiger charge is 2.18. The van der Waals surface area contributed by atoms with E-state index in [0.717, 1.165) is 32.4 Å². The summed E-state index contributed by atoms with van der Waals surface area (Å²) < 4.78 is 1.42. The number of aromatic nitrogens is 2. The lowest BCUT2D eigenvalue weighted by molar-refractivity contribution is 0.264. The van der Waals surface area contributed by atoms with Crippen molar-refractivity contribution in [3.63, 3.8) is 0 Å². The Morgan fingerprint density at radius 2 is 2.16 bits per heavy atom. The van der Waals surface area contributed by atoms with Gasteiger partial charge in [-0.3, -0.25) is 4.79 Å². The number of aryl methyl sites for hydroxylation is 1. The van der Waals surface area contributed by atoms with Crippen molar-refractivity contribution in [3.05, 3.63) is 21.6 Å². The van der Waals surface area contributed by atoms with Gasteiger partial charge in [0.2, 0.25) is 0 Å². The Labute approximate surface area is 118 Å². The van der Waals surface area contributed by atoms with Gasteiger partial charge in [-0.05, 0) is 39.4 Å². The molecule has 19 heavy (non-hydrogen) atoms. The third-order valence-electron chi connectivity index (χ3n) is 3.50. The van der Waals surface area contributed by atoms with E-state index in [1.54, 1.807) is 6.20 Å². The standard InChI is InChI=1S/C13H21ClN4O/c1-3-6-18-13(19)12(14)11(9-15-18)16-10-4-7-17(2)8-5-10/h9-10,16H,3-8H2,1-2H3. The Morgan fingerprint density at radius 3 is 2.79 bits per heavy atom. The van der Waals surface area contributed by atoms with Gasteiger partial charge >= 0.3 is 0 Å². The van der Waals surface area contributed by atoms with Crippen LogP contribution < -0.4 is 10.9 Å². The molecule has 6 heteroatoms. The van der Waals surface area contributed by atoms with Crippen LogP contribution in [0.4, 0.5) is 5.69 Å². The quantitative estimate of drug-likeness (QED) is 0.916. The van der Waals surface area contributed by atoms with Gasteiger partial charge in [-0.15, -0.1) is 0 Å². The van der Waals surface area contributed by atoms with Crippen LogP contribution in [0.5, 0.6) is 0 Å². The molecule has 0 spiro atoms. The number of halogens is 1. The van der Waals surface area contributed by atoms with Crippen LogP contribution in [0.3, 0.4) is 0 Å². The predicted molar refractivity (Wildman–Crippen MR) is 77.9 cm³/mol. The highest BCUT2D eigenvalue weighted by atomic mass is 35.5. The Hall–Kier alpha value is -1.07. The zero-order chi connectivity index (χ0) is 13.8. The number of rotatable bonds is 4. The molecule has 0 saturated carbocycles. The van der Waals surface area contributed by atoms with E-state index in [-0.39, 0.29) is 10.6 Å². The smallest absolute Gasteiger partial charge is 0.287 e. The maximum absolute atomic E-state index is 12.0. The summed E-state index contributed by atoms with van der Waals surface area (Å²) in [6.45, 7) is 4.74. The molecule has 1 saturated heterocycles.